The molecule has 1 atom stereocenters. The molecule has 0 bridgehead atoms. The summed E-state index contributed by atoms with van der Waals surface area (Å²) in [6, 6.07) is 11.5. The standard InChI is InChI=1S/C24H32FN3O4S/c1-4-16-26-24(30)18(3)28(17-20-6-11-21(25)12-7-20)23(29)15-10-19-8-13-22(14-9-19)33(31,32)27-5-2/h6-9,11-14,18,27H,4-5,10,15-17H2,1-3H3,(H,26,30)/t18-/m0/s1. The zero-order valence-corrected chi connectivity index (χ0v) is 20.1. The minimum atomic E-state index is -3.53. The van der Waals surface area contributed by atoms with Gasteiger partial charge >= 0.3 is 0 Å². The first kappa shape index (κ1) is 26.5. The molecule has 0 spiro atoms. The van der Waals surface area contributed by atoms with Crippen molar-refractivity contribution in [1.29, 1.82) is 0 Å². The molecule has 2 amide bonds. The second-order valence-corrected chi connectivity index (χ2v) is 9.53. The molecule has 0 fully saturated rings. The Morgan fingerprint density at radius 2 is 1.61 bits per heavy atom. The first-order valence-electron chi connectivity index (χ1n) is 11.1. The van der Waals surface area contributed by atoms with Gasteiger partial charge in [-0.05, 0) is 55.2 Å². The number of hydrogen-bond acceptors (Lipinski definition) is 4. The fraction of sp³-hybridized carbons (Fsp3) is 0.417. The number of rotatable bonds is 12. The molecule has 0 saturated heterocycles. The summed E-state index contributed by atoms with van der Waals surface area (Å²) in [5, 5.41) is 2.81. The van der Waals surface area contributed by atoms with E-state index in [2.05, 4.69) is 10.0 Å². The van der Waals surface area contributed by atoms with E-state index in [0.717, 1.165) is 17.5 Å². The molecule has 0 aliphatic rings. The van der Waals surface area contributed by atoms with Gasteiger partial charge in [-0.25, -0.2) is 17.5 Å². The van der Waals surface area contributed by atoms with Crippen molar-refractivity contribution in [3.63, 3.8) is 0 Å². The second kappa shape index (κ2) is 12.5. The van der Waals surface area contributed by atoms with Gasteiger partial charge < -0.3 is 10.2 Å². The molecule has 2 aromatic carbocycles. The van der Waals surface area contributed by atoms with Crippen LogP contribution in [0, 0.1) is 5.82 Å². The Hall–Kier alpha value is -2.78. The Morgan fingerprint density at radius 1 is 1.00 bits per heavy atom. The smallest absolute Gasteiger partial charge is 0.242 e. The topological polar surface area (TPSA) is 95.6 Å². The highest BCUT2D eigenvalue weighted by Crippen LogP contribution is 2.15. The zero-order chi connectivity index (χ0) is 24.4. The van der Waals surface area contributed by atoms with Crippen LogP contribution in [0.4, 0.5) is 4.39 Å². The molecule has 7 nitrogen and oxygen atoms in total. The maximum absolute atomic E-state index is 13.3. The summed E-state index contributed by atoms with van der Waals surface area (Å²) in [5.41, 5.74) is 1.53. The van der Waals surface area contributed by atoms with E-state index in [4.69, 9.17) is 0 Å². The van der Waals surface area contributed by atoms with E-state index < -0.39 is 16.1 Å². The molecule has 0 aliphatic carbocycles. The van der Waals surface area contributed by atoms with Crippen molar-refractivity contribution in [2.75, 3.05) is 13.1 Å². The number of halogens is 1. The first-order valence-corrected chi connectivity index (χ1v) is 12.6. The summed E-state index contributed by atoms with van der Waals surface area (Å²) in [6.07, 6.45) is 1.32. The van der Waals surface area contributed by atoms with Crippen LogP contribution in [-0.4, -0.2) is 44.3 Å². The molecule has 180 valence electrons. The highest BCUT2D eigenvalue weighted by molar-refractivity contribution is 7.89. The summed E-state index contributed by atoms with van der Waals surface area (Å²) in [5.74, 6) is -0.835. The highest BCUT2D eigenvalue weighted by atomic mass is 32.2. The van der Waals surface area contributed by atoms with Gasteiger partial charge in [0.25, 0.3) is 0 Å². The third-order valence-corrected chi connectivity index (χ3v) is 6.74. The normalized spacial score (nSPS) is 12.2. The number of carbonyl (C=O) groups is 2. The van der Waals surface area contributed by atoms with Crippen molar-refractivity contribution >= 4 is 21.8 Å². The lowest BCUT2D eigenvalue weighted by Crippen LogP contribution is -2.47. The van der Waals surface area contributed by atoms with Crippen LogP contribution >= 0.6 is 0 Å². The Morgan fingerprint density at radius 3 is 2.18 bits per heavy atom. The number of aryl methyl sites for hydroxylation is 1. The predicted octanol–water partition coefficient (Wildman–Crippen LogP) is 3.00. The maximum atomic E-state index is 13.3. The highest BCUT2D eigenvalue weighted by Gasteiger charge is 2.25. The lowest BCUT2D eigenvalue weighted by atomic mass is 10.1. The Balaban J connectivity index is 2.11. The average molecular weight is 478 g/mol. The second-order valence-electron chi connectivity index (χ2n) is 7.76. The summed E-state index contributed by atoms with van der Waals surface area (Å²) in [7, 11) is -3.53. The van der Waals surface area contributed by atoms with Gasteiger partial charge in [0, 0.05) is 26.1 Å². The number of benzene rings is 2. The van der Waals surface area contributed by atoms with Crippen LogP contribution < -0.4 is 10.0 Å². The van der Waals surface area contributed by atoms with Crippen LogP contribution in [0.25, 0.3) is 0 Å². The van der Waals surface area contributed by atoms with Gasteiger partial charge in [0.2, 0.25) is 21.8 Å². The molecule has 0 aliphatic heterocycles. The fourth-order valence-electron chi connectivity index (χ4n) is 3.27. The molecule has 33 heavy (non-hydrogen) atoms. The monoisotopic (exact) mass is 477 g/mol. The van der Waals surface area contributed by atoms with Gasteiger partial charge in [-0.1, -0.05) is 38.1 Å². The maximum Gasteiger partial charge on any atom is 0.242 e. The summed E-state index contributed by atoms with van der Waals surface area (Å²) >= 11 is 0. The van der Waals surface area contributed by atoms with E-state index in [1.807, 2.05) is 6.92 Å². The Labute approximate surface area is 195 Å². The Kier molecular flexibility index (Phi) is 9.99. The Bertz CT molecular complexity index is 1020. The van der Waals surface area contributed by atoms with Crippen LogP contribution in [0.15, 0.2) is 53.4 Å². The number of hydrogen-bond donors (Lipinski definition) is 2. The fourth-order valence-corrected chi connectivity index (χ4v) is 4.31. The van der Waals surface area contributed by atoms with Crippen molar-refractivity contribution in [1.82, 2.24) is 14.9 Å². The number of nitrogens with one attached hydrogen (secondary N) is 2. The minimum absolute atomic E-state index is 0.145. The lowest BCUT2D eigenvalue weighted by Gasteiger charge is -2.29. The molecule has 0 saturated carbocycles. The third kappa shape index (κ3) is 7.94. The molecule has 0 unspecified atom stereocenters. The minimum Gasteiger partial charge on any atom is -0.354 e. The van der Waals surface area contributed by atoms with Crippen LogP contribution in [0.5, 0.6) is 0 Å². The van der Waals surface area contributed by atoms with E-state index in [9.17, 15) is 22.4 Å². The SMILES string of the molecule is CCCNC(=O)[C@H](C)N(Cc1ccc(F)cc1)C(=O)CCc1ccc(S(=O)(=O)NCC)cc1. The molecule has 0 radical (unpaired) electrons. The van der Waals surface area contributed by atoms with Gasteiger partial charge in [-0.3, -0.25) is 9.59 Å². The zero-order valence-electron chi connectivity index (χ0n) is 19.3. The van der Waals surface area contributed by atoms with Crippen molar-refractivity contribution < 1.29 is 22.4 Å². The van der Waals surface area contributed by atoms with Crippen molar-refractivity contribution in [2.45, 2.75) is 57.5 Å². The summed E-state index contributed by atoms with van der Waals surface area (Å²) in [6.45, 7) is 6.32. The largest absolute Gasteiger partial charge is 0.354 e. The molecular weight excluding hydrogens is 445 g/mol. The molecule has 9 heteroatoms. The van der Waals surface area contributed by atoms with Crippen LogP contribution in [-0.2, 0) is 32.6 Å². The predicted molar refractivity (Wildman–Crippen MR) is 125 cm³/mol. The van der Waals surface area contributed by atoms with Crippen LogP contribution in [0.2, 0.25) is 0 Å². The summed E-state index contributed by atoms with van der Waals surface area (Å²) in [4.78, 5) is 27.3. The van der Waals surface area contributed by atoms with E-state index in [1.54, 1.807) is 38.1 Å². The van der Waals surface area contributed by atoms with E-state index in [-0.39, 0.29) is 35.5 Å². The molecular formula is C24H32FN3O4S. The van der Waals surface area contributed by atoms with E-state index >= 15 is 0 Å². The first-order chi connectivity index (χ1) is 15.7. The molecule has 0 heterocycles. The molecule has 2 N–H and O–H groups in total. The number of sulfonamides is 1. The van der Waals surface area contributed by atoms with Gasteiger partial charge in [-0.2, -0.15) is 0 Å². The van der Waals surface area contributed by atoms with Crippen molar-refractivity contribution in [3.8, 4) is 0 Å². The van der Waals surface area contributed by atoms with E-state index in [1.165, 1.54) is 29.2 Å². The third-order valence-electron chi connectivity index (χ3n) is 5.18. The molecule has 0 aromatic heterocycles. The van der Waals surface area contributed by atoms with Crippen LogP contribution in [0.1, 0.15) is 44.7 Å². The lowest BCUT2D eigenvalue weighted by molar-refractivity contribution is -0.140. The van der Waals surface area contributed by atoms with Crippen molar-refractivity contribution in [2.24, 2.45) is 0 Å². The van der Waals surface area contributed by atoms with E-state index in [0.29, 0.717) is 19.5 Å². The number of amides is 2. The van der Waals surface area contributed by atoms with Crippen molar-refractivity contribution in [3.05, 3.63) is 65.5 Å². The number of carbonyl (C=O) groups excluding carboxylic acids is 2. The van der Waals surface area contributed by atoms with Gasteiger partial charge in [0.1, 0.15) is 11.9 Å². The molecule has 2 rings (SSSR count). The quantitative estimate of drug-likeness (QED) is 0.491. The summed E-state index contributed by atoms with van der Waals surface area (Å²) < 4.78 is 39.9. The van der Waals surface area contributed by atoms with Gasteiger partial charge in [0.05, 0.1) is 4.90 Å². The molecule has 2 aromatic rings. The average Bonchev–Trinajstić information content (AvgIpc) is 2.80. The van der Waals surface area contributed by atoms with Gasteiger partial charge in [-0.15, -0.1) is 0 Å². The van der Waals surface area contributed by atoms with Gasteiger partial charge in [0.15, 0.2) is 0 Å². The number of nitrogens with zero attached hydrogens (tertiary/aromatic N) is 1. The van der Waals surface area contributed by atoms with Crippen LogP contribution in [0.3, 0.4) is 0 Å².